The highest BCUT2D eigenvalue weighted by atomic mass is 35.5. The predicted octanol–water partition coefficient (Wildman–Crippen LogP) is 3.32. The number of halogens is 1. The van der Waals surface area contributed by atoms with Gasteiger partial charge in [0.25, 0.3) is 0 Å². The van der Waals surface area contributed by atoms with Crippen molar-refractivity contribution in [1.29, 1.82) is 0 Å². The SMILES string of the molecule is CCOC(=O)C=Cc1cc(Cl)ccc1OCC. The molecule has 0 fully saturated rings. The fraction of sp³-hybridized carbons (Fsp3) is 0.308. The van der Waals surface area contributed by atoms with Gasteiger partial charge in [0.1, 0.15) is 5.75 Å². The van der Waals surface area contributed by atoms with Crippen molar-refractivity contribution < 1.29 is 14.3 Å². The molecule has 0 spiro atoms. The maximum atomic E-state index is 11.2. The van der Waals surface area contributed by atoms with Gasteiger partial charge in [-0.15, -0.1) is 0 Å². The van der Waals surface area contributed by atoms with Crippen molar-refractivity contribution in [3.63, 3.8) is 0 Å². The van der Waals surface area contributed by atoms with Crippen LogP contribution in [0.4, 0.5) is 0 Å². The fourth-order valence-electron chi connectivity index (χ4n) is 1.28. The molecular formula is C13H15ClO3. The smallest absolute Gasteiger partial charge is 0.330 e. The molecule has 4 heteroatoms. The first-order valence-corrected chi connectivity index (χ1v) is 5.82. The average Bonchev–Trinajstić information content (AvgIpc) is 2.30. The molecule has 0 atom stereocenters. The molecule has 17 heavy (non-hydrogen) atoms. The van der Waals surface area contributed by atoms with Crippen molar-refractivity contribution in [1.82, 2.24) is 0 Å². The van der Waals surface area contributed by atoms with E-state index in [2.05, 4.69) is 0 Å². The van der Waals surface area contributed by atoms with Crippen LogP contribution in [0, 0.1) is 0 Å². The van der Waals surface area contributed by atoms with Crippen LogP contribution in [0.25, 0.3) is 6.08 Å². The molecule has 0 saturated heterocycles. The minimum Gasteiger partial charge on any atom is -0.493 e. The maximum Gasteiger partial charge on any atom is 0.330 e. The van der Waals surface area contributed by atoms with Gasteiger partial charge < -0.3 is 9.47 Å². The molecule has 0 aliphatic carbocycles. The molecular weight excluding hydrogens is 240 g/mol. The fourth-order valence-corrected chi connectivity index (χ4v) is 1.47. The third-order valence-corrected chi connectivity index (χ3v) is 2.19. The van der Waals surface area contributed by atoms with Crippen molar-refractivity contribution in [3.8, 4) is 5.75 Å². The van der Waals surface area contributed by atoms with Gasteiger partial charge in [0, 0.05) is 16.7 Å². The van der Waals surface area contributed by atoms with E-state index in [-0.39, 0.29) is 5.97 Å². The molecule has 0 heterocycles. The summed E-state index contributed by atoms with van der Waals surface area (Å²) in [7, 11) is 0. The molecule has 1 aromatic rings. The Bertz CT molecular complexity index is 413. The van der Waals surface area contributed by atoms with Crippen LogP contribution in [0.1, 0.15) is 19.4 Å². The first kappa shape index (κ1) is 13.6. The lowest BCUT2D eigenvalue weighted by atomic mass is 10.2. The number of ether oxygens (including phenoxy) is 2. The van der Waals surface area contributed by atoms with Gasteiger partial charge in [0.05, 0.1) is 13.2 Å². The van der Waals surface area contributed by atoms with Crippen LogP contribution in [-0.2, 0) is 9.53 Å². The Hall–Kier alpha value is -1.48. The third kappa shape index (κ3) is 4.49. The molecule has 0 radical (unpaired) electrons. The van der Waals surface area contributed by atoms with Gasteiger partial charge in [-0.25, -0.2) is 4.79 Å². The number of rotatable bonds is 5. The summed E-state index contributed by atoms with van der Waals surface area (Å²) in [6.45, 7) is 4.57. The summed E-state index contributed by atoms with van der Waals surface area (Å²) in [5.41, 5.74) is 0.757. The predicted molar refractivity (Wildman–Crippen MR) is 68.3 cm³/mol. The number of hydrogen-bond donors (Lipinski definition) is 0. The van der Waals surface area contributed by atoms with E-state index in [1.165, 1.54) is 6.08 Å². The van der Waals surface area contributed by atoms with Crippen LogP contribution in [-0.4, -0.2) is 19.2 Å². The van der Waals surface area contributed by atoms with Crippen molar-refractivity contribution in [2.75, 3.05) is 13.2 Å². The minimum atomic E-state index is -0.380. The topological polar surface area (TPSA) is 35.5 Å². The second-order valence-electron chi connectivity index (χ2n) is 3.20. The van der Waals surface area contributed by atoms with E-state index >= 15 is 0 Å². The van der Waals surface area contributed by atoms with Gasteiger partial charge in [-0.2, -0.15) is 0 Å². The van der Waals surface area contributed by atoms with Crippen molar-refractivity contribution in [2.45, 2.75) is 13.8 Å². The van der Waals surface area contributed by atoms with Gasteiger partial charge in [-0.1, -0.05) is 11.6 Å². The number of carbonyl (C=O) groups is 1. The molecule has 92 valence electrons. The Balaban J connectivity index is 2.87. The van der Waals surface area contributed by atoms with E-state index in [1.807, 2.05) is 6.92 Å². The molecule has 0 amide bonds. The largest absolute Gasteiger partial charge is 0.493 e. The molecule has 1 rings (SSSR count). The summed E-state index contributed by atoms with van der Waals surface area (Å²) in [5.74, 6) is 0.312. The van der Waals surface area contributed by atoms with Crippen LogP contribution in [0.3, 0.4) is 0 Å². The van der Waals surface area contributed by atoms with Crippen LogP contribution < -0.4 is 4.74 Å². The number of benzene rings is 1. The second-order valence-corrected chi connectivity index (χ2v) is 3.64. The van der Waals surface area contributed by atoms with Crippen molar-refractivity contribution >= 4 is 23.6 Å². The van der Waals surface area contributed by atoms with Crippen LogP contribution >= 0.6 is 11.6 Å². The number of esters is 1. The Morgan fingerprint density at radius 1 is 1.35 bits per heavy atom. The average molecular weight is 255 g/mol. The first-order valence-electron chi connectivity index (χ1n) is 5.44. The van der Waals surface area contributed by atoms with Gasteiger partial charge in [-0.05, 0) is 38.1 Å². The molecule has 3 nitrogen and oxygen atoms in total. The minimum absolute atomic E-state index is 0.358. The number of carbonyl (C=O) groups excluding carboxylic acids is 1. The van der Waals surface area contributed by atoms with E-state index in [0.717, 1.165) is 5.56 Å². The van der Waals surface area contributed by atoms with Gasteiger partial charge in [0.15, 0.2) is 0 Å². The van der Waals surface area contributed by atoms with Crippen molar-refractivity contribution in [2.24, 2.45) is 0 Å². The molecule has 0 saturated carbocycles. The molecule has 0 aliphatic rings. The van der Waals surface area contributed by atoms with Crippen LogP contribution in [0.15, 0.2) is 24.3 Å². The third-order valence-electron chi connectivity index (χ3n) is 1.96. The Morgan fingerprint density at radius 3 is 2.76 bits per heavy atom. The Kier molecular flexibility index (Phi) is 5.57. The lowest BCUT2D eigenvalue weighted by Crippen LogP contribution is -1.99. The summed E-state index contributed by atoms with van der Waals surface area (Å²) in [6.07, 6.45) is 2.99. The van der Waals surface area contributed by atoms with E-state index in [0.29, 0.717) is 24.0 Å². The van der Waals surface area contributed by atoms with Crippen LogP contribution in [0.5, 0.6) is 5.75 Å². The number of hydrogen-bond acceptors (Lipinski definition) is 3. The zero-order valence-electron chi connectivity index (χ0n) is 9.90. The van der Waals surface area contributed by atoms with E-state index in [9.17, 15) is 4.79 Å². The highest BCUT2D eigenvalue weighted by Gasteiger charge is 2.02. The van der Waals surface area contributed by atoms with Crippen molar-refractivity contribution in [3.05, 3.63) is 34.9 Å². The van der Waals surface area contributed by atoms with Gasteiger partial charge in [0.2, 0.25) is 0 Å². The zero-order chi connectivity index (χ0) is 12.7. The standard InChI is InChI=1S/C13H15ClO3/c1-3-16-12-7-6-11(14)9-10(12)5-8-13(15)17-4-2/h5-9H,3-4H2,1-2H3. The molecule has 0 aromatic heterocycles. The second kappa shape index (κ2) is 6.97. The Morgan fingerprint density at radius 2 is 2.12 bits per heavy atom. The molecule has 0 aliphatic heterocycles. The highest BCUT2D eigenvalue weighted by Crippen LogP contribution is 2.24. The Labute approximate surface area is 106 Å². The van der Waals surface area contributed by atoms with E-state index in [1.54, 1.807) is 31.2 Å². The lowest BCUT2D eigenvalue weighted by molar-refractivity contribution is -0.137. The summed E-state index contributed by atoms with van der Waals surface area (Å²) < 4.78 is 10.2. The zero-order valence-corrected chi connectivity index (χ0v) is 10.7. The quantitative estimate of drug-likeness (QED) is 0.597. The summed E-state index contributed by atoms with van der Waals surface area (Å²) in [6, 6.07) is 5.26. The molecule has 1 aromatic carbocycles. The maximum absolute atomic E-state index is 11.2. The molecule has 0 bridgehead atoms. The monoisotopic (exact) mass is 254 g/mol. The summed E-state index contributed by atoms with van der Waals surface area (Å²) in [5, 5.41) is 0.594. The van der Waals surface area contributed by atoms with Gasteiger partial charge >= 0.3 is 5.97 Å². The summed E-state index contributed by atoms with van der Waals surface area (Å²) >= 11 is 5.89. The first-order chi connectivity index (χ1) is 8.17. The normalized spacial score (nSPS) is 10.5. The molecule has 0 N–H and O–H groups in total. The lowest BCUT2D eigenvalue weighted by Gasteiger charge is -2.07. The summed E-state index contributed by atoms with van der Waals surface area (Å²) in [4.78, 5) is 11.2. The molecule has 0 unspecified atom stereocenters. The highest BCUT2D eigenvalue weighted by molar-refractivity contribution is 6.30. The van der Waals surface area contributed by atoms with Gasteiger partial charge in [-0.3, -0.25) is 0 Å². The van der Waals surface area contributed by atoms with E-state index < -0.39 is 0 Å². The van der Waals surface area contributed by atoms with E-state index in [4.69, 9.17) is 21.1 Å². The van der Waals surface area contributed by atoms with Crippen LogP contribution in [0.2, 0.25) is 5.02 Å².